The molecule has 0 unspecified atom stereocenters. The number of hydrogen-bond donors (Lipinski definition) is 1. The maximum Gasteiger partial charge on any atom is 0.347 e. The van der Waals surface area contributed by atoms with Crippen LogP contribution in [0.2, 0.25) is 5.02 Å². The molecular weight excluding hydrogens is 370 g/mol. The Kier molecular flexibility index (Phi) is 7.76. The summed E-state index contributed by atoms with van der Waals surface area (Å²) >= 11 is 5.97. The molecule has 0 fully saturated rings. The Labute approximate surface area is 162 Å². The van der Waals surface area contributed by atoms with Crippen LogP contribution in [-0.2, 0) is 25.5 Å². The summed E-state index contributed by atoms with van der Waals surface area (Å²) in [4.78, 5) is 32.3. The Hall–Kier alpha value is -2.93. The highest BCUT2D eigenvalue weighted by Gasteiger charge is 2.20. The third kappa shape index (κ3) is 6.38. The normalized spacial score (nSPS) is 10.0. The van der Waals surface area contributed by atoms with Gasteiger partial charge in [0.2, 0.25) is 0 Å². The van der Waals surface area contributed by atoms with E-state index in [2.05, 4.69) is 15.3 Å². The van der Waals surface area contributed by atoms with Crippen LogP contribution in [0.5, 0.6) is 0 Å². The van der Waals surface area contributed by atoms with Crippen molar-refractivity contribution in [1.29, 1.82) is 0 Å². The molecule has 142 valence electrons. The number of hydrogen-bond acceptors (Lipinski definition) is 7. The van der Waals surface area contributed by atoms with Crippen LogP contribution in [-0.4, -0.2) is 35.1 Å². The maximum absolute atomic E-state index is 11.9. The van der Waals surface area contributed by atoms with Gasteiger partial charge in [-0.2, -0.15) is 0 Å². The van der Waals surface area contributed by atoms with E-state index in [9.17, 15) is 9.59 Å². The Morgan fingerprint density at radius 1 is 1.11 bits per heavy atom. The van der Waals surface area contributed by atoms with E-state index in [1.807, 2.05) is 18.2 Å². The second-order valence-corrected chi connectivity index (χ2v) is 5.77. The first kappa shape index (κ1) is 20.4. The van der Waals surface area contributed by atoms with Crippen LogP contribution in [0.25, 0.3) is 0 Å². The molecule has 0 aliphatic carbocycles. The molecule has 1 aromatic heterocycles. The summed E-state index contributed by atoms with van der Waals surface area (Å²) in [5.41, 5.74) is 1.27. The topological polar surface area (TPSA) is 90.4 Å². The lowest BCUT2D eigenvalue weighted by Gasteiger charge is -2.08. The lowest BCUT2D eigenvalue weighted by molar-refractivity contribution is -0.146. The molecule has 2 aromatic rings. The first-order chi connectivity index (χ1) is 13.0. The van der Waals surface area contributed by atoms with Gasteiger partial charge in [0.05, 0.1) is 31.3 Å². The fourth-order valence-electron chi connectivity index (χ4n) is 2.12. The van der Waals surface area contributed by atoms with Gasteiger partial charge in [-0.1, -0.05) is 23.7 Å². The van der Waals surface area contributed by atoms with Gasteiger partial charge in [-0.05, 0) is 31.5 Å². The van der Waals surface area contributed by atoms with Crippen LogP contribution in [0.3, 0.4) is 0 Å². The highest BCUT2D eigenvalue weighted by molar-refractivity contribution is 6.30. The molecule has 0 saturated carbocycles. The van der Waals surface area contributed by atoms with Crippen LogP contribution < -0.4 is 5.32 Å². The van der Waals surface area contributed by atoms with Crippen molar-refractivity contribution in [3.8, 4) is 0 Å². The molecule has 0 radical (unpaired) electrons. The fourth-order valence-corrected chi connectivity index (χ4v) is 2.34. The van der Waals surface area contributed by atoms with Crippen molar-refractivity contribution < 1.29 is 19.1 Å². The van der Waals surface area contributed by atoms with Crippen molar-refractivity contribution in [3.05, 3.63) is 64.8 Å². The number of aromatic nitrogens is 2. The molecule has 0 aliphatic rings. The molecule has 0 bridgehead atoms. The van der Waals surface area contributed by atoms with E-state index < -0.39 is 11.9 Å². The standard InChI is InChI=1S/C19H20ClN3O4/c1-3-26-18(24)16(19(25)27-4-2)12-21-15-10-22-17(23-11-15)9-13-6-5-7-14(20)8-13/h5-8,10-12,21H,3-4,9H2,1-2H3. The molecule has 0 saturated heterocycles. The van der Waals surface area contributed by atoms with E-state index in [0.29, 0.717) is 23.0 Å². The molecule has 0 atom stereocenters. The third-order valence-corrected chi connectivity index (χ3v) is 3.57. The number of benzene rings is 1. The van der Waals surface area contributed by atoms with Crippen LogP contribution in [0.4, 0.5) is 5.69 Å². The number of ether oxygens (including phenoxy) is 2. The Morgan fingerprint density at radius 2 is 1.74 bits per heavy atom. The number of carbonyl (C=O) groups excluding carboxylic acids is 2. The quantitative estimate of drug-likeness (QED) is 0.321. The molecule has 27 heavy (non-hydrogen) atoms. The van der Waals surface area contributed by atoms with Gasteiger partial charge < -0.3 is 14.8 Å². The summed E-state index contributed by atoms with van der Waals surface area (Å²) in [6, 6.07) is 7.46. The van der Waals surface area contributed by atoms with Gasteiger partial charge in [0.15, 0.2) is 5.57 Å². The zero-order chi connectivity index (χ0) is 19.6. The minimum Gasteiger partial charge on any atom is -0.462 e. The number of nitrogens with zero attached hydrogens (tertiary/aromatic N) is 2. The average molecular weight is 390 g/mol. The molecule has 1 N–H and O–H groups in total. The number of carbonyl (C=O) groups is 2. The van der Waals surface area contributed by atoms with E-state index in [0.717, 1.165) is 5.56 Å². The van der Waals surface area contributed by atoms with E-state index in [-0.39, 0.29) is 18.8 Å². The van der Waals surface area contributed by atoms with E-state index in [1.165, 1.54) is 6.20 Å². The number of anilines is 1. The van der Waals surface area contributed by atoms with Crippen molar-refractivity contribution in [3.63, 3.8) is 0 Å². The van der Waals surface area contributed by atoms with Gasteiger partial charge in [-0.25, -0.2) is 19.6 Å². The highest BCUT2D eigenvalue weighted by atomic mass is 35.5. The van der Waals surface area contributed by atoms with Crippen molar-refractivity contribution >= 4 is 29.2 Å². The van der Waals surface area contributed by atoms with Crippen LogP contribution in [0.1, 0.15) is 25.2 Å². The number of halogens is 1. The maximum atomic E-state index is 11.9. The summed E-state index contributed by atoms with van der Waals surface area (Å²) < 4.78 is 9.73. The number of nitrogens with one attached hydrogen (secondary N) is 1. The second-order valence-electron chi connectivity index (χ2n) is 5.34. The highest BCUT2D eigenvalue weighted by Crippen LogP contribution is 2.14. The Morgan fingerprint density at radius 3 is 2.30 bits per heavy atom. The third-order valence-electron chi connectivity index (χ3n) is 3.33. The smallest absolute Gasteiger partial charge is 0.347 e. The number of rotatable bonds is 8. The van der Waals surface area contributed by atoms with Crippen LogP contribution in [0, 0.1) is 0 Å². The Balaban J connectivity index is 2.07. The predicted octanol–water partition coefficient (Wildman–Crippen LogP) is 3.14. The minimum absolute atomic E-state index is 0.150. The summed E-state index contributed by atoms with van der Waals surface area (Å²) in [7, 11) is 0. The first-order valence-corrected chi connectivity index (χ1v) is 8.77. The lowest BCUT2D eigenvalue weighted by atomic mass is 10.1. The van der Waals surface area contributed by atoms with Gasteiger partial charge in [0.25, 0.3) is 0 Å². The monoisotopic (exact) mass is 389 g/mol. The molecular formula is C19H20ClN3O4. The molecule has 0 amide bonds. The SMILES string of the molecule is CCOC(=O)C(=CNc1cnc(Cc2cccc(Cl)c2)nc1)C(=O)OCC. The second kappa shape index (κ2) is 10.3. The number of esters is 2. The molecule has 2 rings (SSSR count). The summed E-state index contributed by atoms with van der Waals surface area (Å²) in [6.07, 6.45) is 4.87. The Bertz CT molecular complexity index is 802. The average Bonchev–Trinajstić information content (AvgIpc) is 2.64. The molecule has 1 heterocycles. The van der Waals surface area contributed by atoms with Crippen molar-refractivity contribution in [2.45, 2.75) is 20.3 Å². The van der Waals surface area contributed by atoms with Gasteiger partial charge >= 0.3 is 11.9 Å². The summed E-state index contributed by atoms with van der Waals surface area (Å²) in [6.45, 7) is 3.61. The molecule has 7 nitrogen and oxygen atoms in total. The minimum atomic E-state index is -0.762. The van der Waals surface area contributed by atoms with Crippen molar-refractivity contribution in [2.75, 3.05) is 18.5 Å². The summed E-state index contributed by atoms with van der Waals surface area (Å²) in [5.74, 6) is -0.910. The van der Waals surface area contributed by atoms with Crippen LogP contribution >= 0.6 is 11.6 Å². The zero-order valence-electron chi connectivity index (χ0n) is 15.1. The van der Waals surface area contributed by atoms with Gasteiger partial charge in [-0.3, -0.25) is 0 Å². The van der Waals surface area contributed by atoms with Crippen molar-refractivity contribution in [1.82, 2.24) is 9.97 Å². The van der Waals surface area contributed by atoms with Crippen molar-refractivity contribution in [2.24, 2.45) is 0 Å². The van der Waals surface area contributed by atoms with E-state index >= 15 is 0 Å². The zero-order valence-corrected chi connectivity index (χ0v) is 15.8. The van der Waals surface area contributed by atoms with Gasteiger partial charge in [0, 0.05) is 17.6 Å². The lowest BCUT2D eigenvalue weighted by Crippen LogP contribution is -2.19. The molecule has 0 aliphatic heterocycles. The predicted molar refractivity (Wildman–Crippen MR) is 101 cm³/mol. The first-order valence-electron chi connectivity index (χ1n) is 8.39. The van der Waals surface area contributed by atoms with Gasteiger partial charge in [0.1, 0.15) is 5.82 Å². The fraction of sp³-hybridized carbons (Fsp3) is 0.263. The molecule has 8 heteroatoms. The van der Waals surface area contributed by atoms with E-state index in [1.54, 1.807) is 32.3 Å². The largest absolute Gasteiger partial charge is 0.462 e. The molecule has 1 aromatic carbocycles. The molecule has 0 spiro atoms. The summed E-state index contributed by atoms with van der Waals surface area (Å²) in [5, 5.41) is 3.47. The van der Waals surface area contributed by atoms with Crippen LogP contribution in [0.15, 0.2) is 48.4 Å². The van der Waals surface area contributed by atoms with Gasteiger partial charge in [-0.15, -0.1) is 0 Å². The van der Waals surface area contributed by atoms with E-state index in [4.69, 9.17) is 21.1 Å².